The van der Waals surface area contributed by atoms with Crippen molar-refractivity contribution < 1.29 is 19.1 Å². The van der Waals surface area contributed by atoms with Crippen molar-refractivity contribution in [2.45, 2.75) is 43.9 Å². The highest BCUT2D eigenvalue weighted by Crippen LogP contribution is 2.50. The molecule has 0 saturated heterocycles. The highest BCUT2D eigenvalue weighted by atomic mass is 32.2. The largest absolute Gasteiger partial charge is 0.493 e. The maximum absolute atomic E-state index is 13.7. The van der Waals surface area contributed by atoms with E-state index in [1.807, 2.05) is 45.0 Å². The Kier molecular flexibility index (Phi) is 8.48. The summed E-state index contributed by atoms with van der Waals surface area (Å²) in [7, 11) is 3.08. The summed E-state index contributed by atoms with van der Waals surface area (Å²) < 4.78 is 11.1. The molecule has 0 saturated carbocycles. The minimum absolute atomic E-state index is 0.00646. The molecule has 3 aromatic rings. The molecule has 1 atom stereocenters. The van der Waals surface area contributed by atoms with Crippen LogP contribution in [0.2, 0.25) is 0 Å². The highest BCUT2D eigenvalue weighted by molar-refractivity contribution is 8.01. The van der Waals surface area contributed by atoms with Gasteiger partial charge in [-0.25, -0.2) is 0 Å². The van der Waals surface area contributed by atoms with Crippen molar-refractivity contribution in [3.05, 3.63) is 76.3 Å². The Labute approximate surface area is 258 Å². The lowest BCUT2D eigenvalue weighted by atomic mass is 9.68. The monoisotopic (exact) mass is 616 g/mol. The number of thioether (sulfide) groups is 1. The fraction of sp³-hybridized carbons (Fsp3) is 0.323. The number of aryl methyl sites for hydroxylation is 1. The van der Waals surface area contributed by atoms with Crippen molar-refractivity contribution >= 4 is 45.6 Å². The van der Waals surface area contributed by atoms with E-state index < -0.39 is 5.92 Å². The molecule has 1 aliphatic carbocycles. The number of hydrogen-bond donors (Lipinski definition) is 2. The Morgan fingerprint density at radius 3 is 2.56 bits per heavy atom. The number of hydrogen-bond acceptors (Lipinski definition) is 11. The molecule has 12 heteroatoms. The van der Waals surface area contributed by atoms with Gasteiger partial charge in [0.15, 0.2) is 21.6 Å². The SMILES string of the molecule is COc1ccc(NC(=O)CSc2nnc(N3C(N)=C(C#N)C(c4ccc(C)cc4)C4=C3CC(C)(C)CC4=O)s2)cc1OC. The minimum Gasteiger partial charge on any atom is -0.493 e. The number of amides is 1. The van der Waals surface area contributed by atoms with Gasteiger partial charge in [-0.05, 0) is 36.5 Å². The first-order chi connectivity index (χ1) is 20.5. The summed E-state index contributed by atoms with van der Waals surface area (Å²) in [5, 5.41) is 22.2. The van der Waals surface area contributed by atoms with E-state index >= 15 is 0 Å². The lowest BCUT2D eigenvalue weighted by Crippen LogP contribution is -2.42. The molecule has 222 valence electrons. The molecular weight excluding hydrogens is 585 g/mol. The molecule has 43 heavy (non-hydrogen) atoms. The lowest BCUT2D eigenvalue weighted by Gasteiger charge is -2.42. The van der Waals surface area contributed by atoms with Crippen molar-refractivity contribution in [1.29, 1.82) is 5.26 Å². The normalized spacial score (nSPS) is 17.8. The lowest BCUT2D eigenvalue weighted by molar-refractivity contribution is -0.118. The standard InChI is InChI=1S/C31H32N6O4S2/c1-17-6-8-18(9-7-17)26-20(15-32)28(33)37(21-13-31(2,3)14-22(38)27(21)26)29-35-36-30(43-29)42-16-25(39)34-19-10-11-23(40-4)24(12-19)41-5/h6-12,26H,13-14,16,33H2,1-5H3,(H,34,39). The van der Waals surface area contributed by atoms with Crippen LogP contribution in [-0.2, 0) is 9.59 Å². The van der Waals surface area contributed by atoms with Crippen molar-refractivity contribution in [3.63, 3.8) is 0 Å². The Hall–Kier alpha value is -4.34. The third kappa shape index (κ3) is 6.09. The number of allylic oxidation sites excluding steroid dienone is 3. The molecule has 1 aliphatic heterocycles. The molecule has 0 radical (unpaired) electrons. The van der Waals surface area contributed by atoms with E-state index in [9.17, 15) is 14.9 Å². The van der Waals surface area contributed by atoms with Gasteiger partial charge in [0.05, 0.1) is 37.5 Å². The Morgan fingerprint density at radius 1 is 1.16 bits per heavy atom. The van der Waals surface area contributed by atoms with E-state index in [1.54, 1.807) is 30.2 Å². The number of benzene rings is 2. The summed E-state index contributed by atoms with van der Waals surface area (Å²) in [5.41, 5.74) is 10.5. The van der Waals surface area contributed by atoms with Gasteiger partial charge in [0.25, 0.3) is 0 Å². The topological polar surface area (TPSA) is 143 Å². The Bertz CT molecular complexity index is 1690. The van der Waals surface area contributed by atoms with Crippen LogP contribution in [0.4, 0.5) is 10.8 Å². The number of ether oxygens (including phenoxy) is 2. The third-order valence-corrected chi connectivity index (χ3v) is 9.41. The van der Waals surface area contributed by atoms with Crippen LogP contribution < -0.4 is 25.4 Å². The van der Waals surface area contributed by atoms with Crippen LogP contribution in [-0.4, -0.2) is 41.9 Å². The quantitative estimate of drug-likeness (QED) is 0.310. The van der Waals surface area contributed by atoms with Gasteiger partial charge < -0.3 is 20.5 Å². The number of nitrogens with two attached hydrogens (primary N) is 1. The number of methoxy groups -OCH3 is 2. The summed E-state index contributed by atoms with van der Waals surface area (Å²) in [6.45, 7) is 6.09. The molecule has 10 nitrogen and oxygen atoms in total. The molecule has 0 bridgehead atoms. The zero-order valence-corrected chi connectivity index (χ0v) is 26.2. The molecule has 1 unspecified atom stereocenters. The predicted molar refractivity (Wildman–Crippen MR) is 167 cm³/mol. The summed E-state index contributed by atoms with van der Waals surface area (Å²) in [5.74, 6) is 0.601. The van der Waals surface area contributed by atoms with Crippen LogP contribution in [0.5, 0.6) is 11.5 Å². The van der Waals surface area contributed by atoms with Gasteiger partial charge in [0, 0.05) is 29.4 Å². The molecule has 1 amide bonds. The van der Waals surface area contributed by atoms with Gasteiger partial charge >= 0.3 is 0 Å². The molecule has 2 aromatic carbocycles. The first-order valence-corrected chi connectivity index (χ1v) is 15.4. The summed E-state index contributed by atoms with van der Waals surface area (Å²) >= 11 is 2.48. The fourth-order valence-electron chi connectivity index (χ4n) is 5.41. The van der Waals surface area contributed by atoms with E-state index in [4.69, 9.17) is 15.2 Å². The second-order valence-corrected chi connectivity index (χ2v) is 13.3. The number of aromatic nitrogens is 2. The van der Waals surface area contributed by atoms with Crippen LogP contribution in [0.3, 0.4) is 0 Å². The van der Waals surface area contributed by atoms with E-state index in [1.165, 1.54) is 30.2 Å². The highest BCUT2D eigenvalue weighted by Gasteiger charge is 2.45. The van der Waals surface area contributed by atoms with E-state index in [0.29, 0.717) is 50.6 Å². The first kappa shape index (κ1) is 30.1. The van der Waals surface area contributed by atoms with Gasteiger partial charge in [-0.3, -0.25) is 14.5 Å². The maximum Gasteiger partial charge on any atom is 0.234 e. The second-order valence-electron chi connectivity index (χ2n) is 11.1. The molecule has 3 N–H and O–H groups in total. The molecular formula is C31H32N6O4S2. The molecule has 2 heterocycles. The second kappa shape index (κ2) is 12.1. The number of anilines is 2. The average molecular weight is 617 g/mol. The van der Waals surface area contributed by atoms with Gasteiger partial charge in [-0.2, -0.15) is 5.26 Å². The number of carbonyl (C=O) groups is 2. The van der Waals surface area contributed by atoms with Crippen molar-refractivity contribution in [2.24, 2.45) is 11.1 Å². The number of carbonyl (C=O) groups excluding carboxylic acids is 2. The van der Waals surface area contributed by atoms with Crippen LogP contribution in [0, 0.1) is 23.7 Å². The van der Waals surface area contributed by atoms with Gasteiger partial charge in [0.2, 0.25) is 11.0 Å². The molecule has 2 aliphatic rings. The summed E-state index contributed by atoms with van der Waals surface area (Å²) in [6, 6.07) is 15.3. The molecule has 0 fully saturated rings. The van der Waals surface area contributed by atoms with E-state index in [2.05, 4.69) is 21.6 Å². The van der Waals surface area contributed by atoms with Crippen molar-refractivity contribution in [2.75, 3.05) is 30.2 Å². The smallest absolute Gasteiger partial charge is 0.234 e. The molecule has 0 spiro atoms. The van der Waals surface area contributed by atoms with Gasteiger partial charge in [-0.1, -0.05) is 66.8 Å². The number of nitrogens with one attached hydrogen (secondary N) is 1. The Morgan fingerprint density at radius 2 is 1.88 bits per heavy atom. The molecule has 1 aromatic heterocycles. The number of nitriles is 1. The third-order valence-electron chi connectivity index (χ3n) is 7.37. The summed E-state index contributed by atoms with van der Waals surface area (Å²) in [4.78, 5) is 28.1. The van der Waals surface area contributed by atoms with E-state index in [-0.39, 0.29) is 28.7 Å². The fourth-order valence-corrected chi connectivity index (χ4v) is 7.09. The molecule has 5 rings (SSSR count). The van der Waals surface area contributed by atoms with Crippen LogP contribution >= 0.6 is 23.1 Å². The maximum atomic E-state index is 13.7. The van der Waals surface area contributed by atoms with Crippen molar-refractivity contribution in [1.82, 2.24) is 10.2 Å². The van der Waals surface area contributed by atoms with Gasteiger partial charge in [-0.15, -0.1) is 10.2 Å². The number of rotatable bonds is 8. The summed E-state index contributed by atoms with van der Waals surface area (Å²) in [6.07, 6.45) is 0.943. The van der Waals surface area contributed by atoms with E-state index in [0.717, 1.165) is 16.8 Å². The van der Waals surface area contributed by atoms with Crippen LogP contribution in [0.1, 0.15) is 43.7 Å². The van der Waals surface area contributed by atoms with Crippen LogP contribution in [0.15, 0.2) is 69.5 Å². The number of Topliss-reactive ketones (excluding diaryl/α,β-unsaturated/α-hetero) is 1. The average Bonchev–Trinajstić information content (AvgIpc) is 3.43. The van der Waals surface area contributed by atoms with Crippen molar-refractivity contribution in [3.8, 4) is 17.6 Å². The van der Waals surface area contributed by atoms with Gasteiger partial charge in [0.1, 0.15) is 5.82 Å². The zero-order valence-electron chi connectivity index (χ0n) is 24.6. The number of ketones is 1. The van der Waals surface area contributed by atoms with Crippen LogP contribution in [0.25, 0.3) is 0 Å². The minimum atomic E-state index is -0.553. The number of nitrogens with zero attached hydrogens (tertiary/aromatic N) is 4. The zero-order chi connectivity index (χ0) is 30.9. The first-order valence-electron chi connectivity index (χ1n) is 13.6. The Balaban J connectivity index is 1.42. The predicted octanol–water partition coefficient (Wildman–Crippen LogP) is 5.54.